The van der Waals surface area contributed by atoms with E-state index < -0.39 is 17.6 Å². The number of benzene rings is 1. The molecule has 0 heterocycles. The van der Waals surface area contributed by atoms with Crippen LogP contribution in [0.1, 0.15) is 25.3 Å². The fourth-order valence-corrected chi connectivity index (χ4v) is 1.59. The minimum atomic E-state index is -1.57. The van der Waals surface area contributed by atoms with Gasteiger partial charge in [-0.25, -0.2) is 0 Å². The van der Waals surface area contributed by atoms with E-state index in [0.29, 0.717) is 12.8 Å². The van der Waals surface area contributed by atoms with E-state index in [1.807, 2.05) is 30.3 Å². The van der Waals surface area contributed by atoms with Gasteiger partial charge in [-0.3, -0.25) is 4.79 Å². The molecular formula is C13H19NO3. The van der Waals surface area contributed by atoms with Crippen molar-refractivity contribution in [1.82, 2.24) is 0 Å². The predicted octanol–water partition coefficient (Wildman–Crippen LogP) is 1.17. The van der Waals surface area contributed by atoms with Gasteiger partial charge in [0, 0.05) is 0 Å². The minimum Gasteiger partial charge on any atom is -0.480 e. The van der Waals surface area contributed by atoms with Gasteiger partial charge < -0.3 is 15.9 Å². The highest BCUT2D eigenvalue weighted by molar-refractivity contribution is 5.78. The Labute approximate surface area is 101 Å². The molecule has 0 saturated carbocycles. The van der Waals surface area contributed by atoms with E-state index in [2.05, 4.69) is 0 Å². The molecule has 1 aromatic carbocycles. The lowest BCUT2D eigenvalue weighted by molar-refractivity contribution is -0.147. The number of aliphatic hydroxyl groups excluding tert-OH is 1. The van der Waals surface area contributed by atoms with Crippen LogP contribution in [0.3, 0.4) is 0 Å². The van der Waals surface area contributed by atoms with Gasteiger partial charge in [0.1, 0.15) is 5.54 Å². The molecule has 4 nitrogen and oxygen atoms in total. The molecule has 0 aliphatic rings. The van der Waals surface area contributed by atoms with Crippen LogP contribution < -0.4 is 5.73 Å². The molecule has 2 atom stereocenters. The summed E-state index contributed by atoms with van der Waals surface area (Å²) in [5.41, 5.74) is 5.14. The lowest BCUT2D eigenvalue weighted by atomic mass is 9.91. The van der Waals surface area contributed by atoms with Gasteiger partial charge in [0.05, 0.1) is 6.10 Å². The van der Waals surface area contributed by atoms with Crippen LogP contribution in [-0.2, 0) is 11.2 Å². The van der Waals surface area contributed by atoms with Crippen LogP contribution in [0.2, 0.25) is 0 Å². The van der Waals surface area contributed by atoms with Crippen LogP contribution in [0.25, 0.3) is 0 Å². The van der Waals surface area contributed by atoms with Crippen molar-refractivity contribution in [2.24, 2.45) is 5.73 Å². The zero-order chi connectivity index (χ0) is 12.9. The zero-order valence-electron chi connectivity index (χ0n) is 9.97. The van der Waals surface area contributed by atoms with E-state index in [1.165, 1.54) is 12.5 Å². The summed E-state index contributed by atoms with van der Waals surface area (Å²) in [4.78, 5) is 10.8. The van der Waals surface area contributed by atoms with Crippen LogP contribution in [0.5, 0.6) is 0 Å². The van der Waals surface area contributed by atoms with Crippen molar-refractivity contribution in [2.75, 3.05) is 0 Å². The first-order valence-corrected chi connectivity index (χ1v) is 5.69. The van der Waals surface area contributed by atoms with Crippen molar-refractivity contribution in [3.8, 4) is 0 Å². The molecular weight excluding hydrogens is 218 g/mol. The maximum absolute atomic E-state index is 10.8. The van der Waals surface area contributed by atoms with E-state index in [1.54, 1.807) is 0 Å². The average molecular weight is 237 g/mol. The SMILES string of the molecule is C[C@@](N)(C(=O)O)C(O)CCCc1ccccc1. The largest absolute Gasteiger partial charge is 0.480 e. The van der Waals surface area contributed by atoms with Gasteiger partial charge >= 0.3 is 5.97 Å². The number of carboxylic acids is 1. The summed E-state index contributed by atoms with van der Waals surface area (Å²) in [6.45, 7) is 1.34. The van der Waals surface area contributed by atoms with Gasteiger partial charge in [0.2, 0.25) is 0 Å². The molecule has 1 aromatic rings. The van der Waals surface area contributed by atoms with Crippen molar-refractivity contribution >= 4 is 5.97 Å². The maximum Gasteiger partial charge on any atom is 0.326 e. The van der Waals surface area contributed by atoms with Gasteiger partial charge in [-0.2, -0.15) is 0 Å². The maximum atomic E-state index is 10.8. The van der Waals surface area contributed by atoms with Crippen LogP contribution >= 0.6 is 0 Å². The normalized spacial score (nSPS) is 16.2. The first-order chi connectivity index (χ1) is 7.94. The Morgan fingerprint density at radius 3 is 2.53 bits per heavy atom. The second-order valence-corrected chi connectivity index (χ2v) is 4.48. The van der Waals surface area contributed by atoms with Crippen molar-refractivity contribution in [1.29, 1.82) is 0 Å². The molecule has 0 aromatic heterocycles. The summed E-state index contributed by atoms with van der Waals surface area (Å²) in [7, 11) is 0. The molecule has 0 radical (unpaired) electrons. The number of hydrogen-bond acceptors (Lipinski definition) is 3. The van der Waals surface area contributed by atoms with Crippen LogP contribution in [0.4, 0.5) is 0 Å². The highest BCUT2D eigenvalue weighted by Crippen LogP contribution is 2.14. The third-order valence-electron chi connectivity index (χ3n) is 2.94. The van der Waals surface area contributed by atoms with E-state index >= 15 is 0 Å². The van der Waals surface area contributed by atoms with Crippen molar-refractivity contribution < 1.29 is 15.0 Å². The Morgan fingerprint density at radius 1 is 1.41 bits per heavy atom. The fraction of sp³-hybridized carbons (Fsp3) is 0.462. The Hall–Kier alpha value is -1.39. The molecule has 0 fully saturated rings. The molecule has 1 unspecified atom stereocenters. The molecule has 0 aliphatic carbocycles. The molecule has 0 spiro atoms. The molecule has 1 rings (SSSR count). The van der Waals surface area contributed by atoms with Gasteiger partial charge in [-0.15, -0.1) is 0 Å². The average Bonchev–Trinajstić information content (AvgIpc) is 2.30. The van der Waals surface area contributed by atoms with Gasteiger partial charge in [0.15, 0.2) is 0 Å². The first-order valence-electron chi connectivity index (χ1n) is 5.69. The van der Waals surface area contributed by atoms with Crippen molar-refractivity contribution in [3.05, 3.63) is 35.9 Å². The molecule has 0 amide bonds. The smallest absolute Gasteiger partial charge is 0.326 e. The number of rotatable bonds is 6. The summed E-state index contributed by atoms with van der Waals surface area (Å²) in [6.07, 6.45) is 0.885. The van der Waals surface area contributed by atoms with E-state index in [4.69, 9.17) is 10.8 Å². The highest BCUT2D eigenvalue weighted by Gasteiger charge is 2.35. The van der Waals surface area contributed by atoms with Crippen LogP contribution in [0.15, 0.2) is 30.3 Å². The number of hydrogen-bond donors (Lipinski definition) is 3. The van der Waals surface area contributed by atoms with Crippen molar-refractivity contribution in [2.45, 2.75) is 37.8 Å². The molecule has 4 heteroatoms. The number of carboxylic acid groups (broad SMARTS) is 1. The fourth-order valence-electron chi connectivity index (χ4n) is 1.59. The third kappa shape index (κ3) is 3.84. The molecule has 4 N–H and O–H groups in total. The lowest BCUT2D eigenvalue weighted by Crippen LogP contribution is -2.54. The summed E-state index contributed by atoms with van der Waals surface area (Å²) >= 11 is 0. The molecule has 17 heavy (non-hydrogen) atoms. The van der Waals surface area contributed by atoms with E-state index in [9.17, 15) is 9.90 Å². The summed E-state index contributed by atoms with van der Waals surface area (Å²) in [5.74, 6) is -1.18. The Kier molecular flexibility index (Phi) is 4.66. The van der Waals surface area contributed by atoms with E-state index in [0.717, 1.165) is 6.42 Å². The number of aliphatic hydroxyl groups is 1. The standard InChI is InChI=1S/C13H19NO3/c1-13(14,12(16)17)11(15)9-5-8-10-6-3-2-4-7-10/h2-4,6-7,11,15H,5,8-9,14H2,1H3,(H,16,17)/t11?,13-/m0/s1. The second kappa shape index (κ2) is 5.80. The predicted molar refractivity (Wildman–Crippen MR) is 65.6 cm³/mol. The molecule has 0 saturated heterocycles. The Bertz CT molecular complexity index is 362. The monoisotopic (exact) mass is 237 g/mol. The molecule has 94 valence electrons. The second-order valence-electron chi connectivity index (χ2n) is 4.48. The topological polar surface area (TPSA) is 83.6 Å². The lowest BCUT2D eigenvalue weighted by Gasteiger charge is -2.25. The summed E-state index contributed by atoms with van der Waals surface area (Å²) in [6, 6.07) is 9.86. The van der Waals surface area contributed by atoms with Crippen LogP contribution in [-0.4, -0.2) is 27.8 Å². The summed E-state index contributed by atoms with van der Waals surface area (Å²) < 4.78 is 0. The van der Waals surface area contributed by atoms with Gasteiger partial charge in [-0.05, 0) is 31.7 Å². The summed E-state index contributed by atoms with van der Waals surface area (Å²) in [5, 5.41) is 18.6. The van der Waals surface area contributed by atoms with Crippen molar-refractivity contribution in [3.63, 3.8) is 0 Å². The number of carbonyl (C=O) groups is 1. The van der Waals surface area contributed by atoms with Crippen LogP contribution in [0, 0.1) is 0 Å². The van der Waals surface area contributed by atoms with Gasteiger partial charge in [-0.1, -0.05) is 30.3 Å². The minimum absolute atomic E-state index is 0.383. The Balaban J connectivity index is 2.39. The zero-order valence-corrected chi connectivity index (χ0v) is 9.97. The van der Waals surface area contributed by atoms with E-state index in [-0.39, 0.29) is 0 Å². The Morgan fingerprint density at radius 2 is 2.00 bits per heavy atom. The number of aryl methyl sites for hydroxylation is 1. The highest BCUT2D eigenvalue weighted by atomic mass is 16.4. The molecule has 0 bridgehead atoms. The first kappa shape index (κ1) is 13.7. The number of aliphatic carboxylic acids is 1. The quantitative estimate of drug-likeness (QED) is 0.693. The third-order valence-corrected chi connectivity index (χ3v) is 2.94. The number of nitrogens with two attached hydrogens (primary N) is 1. The molecule has 0 aliphatic heterocycles. The van der Waals surface area contributed by atoms with Gasteiger partial charge in [0.25, 0.3) is 0 Å².